The lowest BCUT2D eigenvalue weighted by Crippen LogP contribution is -2.31. The van der Waals surface area contributed by atoms with Crippen LogP contribution >= 0.6 is 0 Å². The summed E-state index contributed by atoms with van der Waals surface area (Å²) in [6.45, 7) is 0.191. The third-order valence-electron chi connectivity index (χ3n) is 4.49. The van der Waals surface area contributed by atoms with Gasteiger partial charge in [-0.3, -0.25) is 24.1 Å². The third kappa shape index (κ3) is 3.93. The molecule has 144 valence electrons. The van der Waals surface area contributed by atoms with Crippen molar-refractivity contribution in [1.29, 1.82) is 0 Å². The molecular formula is C21H21N3O4. The van der Waals surface area contributed by atoms with Gasteiger partial charge in [0.15, 0.2) is 0 Å². The van der Waals surface area contributed by atoms with Gasteiger partial charge in [0.2, 0.25) is 5.91 Å². The number of fused-ring (bicyclic) bond motifs is 1. The Morgan fingerprint density at radius 2 is 1.50 bits per heavy atom. The fourth-order valence-electron chi connectivity index (χ4n) is 3.02. The lowest BCUT2D eigenvalue weighted by molar-refractivity contribution is -0.116. The number of carbonyl (C=O) groups excluding carboxylic acids is 4. The Labute approximate surface area is 162 Å². The molecular weight excluding hydrogens is 358 g/mol. The number of rotatable bonds is 6. The minimum absolute atomic E-state index is 0.112. The predicted octanol–water partition coefficient (Wildman–Crippen LogP) is 2.40. The molecule has 0 saturated carbocycles. The van der Waals surface area contributed by atoms with Crippen LogP contribution in [0.25, 0.3) is 0 Å². The summed E-state index contributed by atoms with van der Waals surface area (Å²) in [6, 6.07) is 13.3. The number of anilines is 1. The van der Waals surface area contributed by atoms with Crippen LogP contribution in [0.3, 0.4) is 0 Å². The largest absolute Gasteiger partial charge is 0.345 e. The van der Waals surface area contributed by atoms with Gasteiger partial charge >= 0.3 is 0 Å². The van der Waals surface area contributed by atoms with Gasteiger partial charge in [0.25, 0.3) is 17.7 Å². The number of hydrogen-bond donors (Lipinski definition) is 1. The monoisotopic (exact) mass is 379 g/mol. The van der Waals surface area contributed by atoms with Crippen molar-refractivity contribution in [3.05, 3.63) is 65.2 Å². The fourth-order valence-corrected chi connectivity index (χ4v) is 3.02. The van der Waals surface area contributed by atoms with E-state index in [9.17, 15) is 19.2 Å². The highest BCUT2D eigenvalue weighted by atomic mass is 16.2. The number of nitrogens with zero attached hydrogens (tertiary/aromatic N) is 2. The molecule has 0 unspecified atom stereocenters. The summed E-state index contributed by atoms with van der Waals surface area (Å²) >= 11 is 0. The predicted molar refractivity (Wildman–Crippen MR) is 104 cm³/mol. The van der Waals surface area contributed by atoms with Gasteiger partial charge in [-0.25, -0.2) is 0 Å². The van der Waals surface area contributed by atoms with Crippen molar-refractivity contribution in [3.8, 4) is 0 Å². The van der Waals surface area contributed by atoms with E-state index in [1.165, 1.54) is 9.80 Å². The zero-order valence-corrected chi connectivity index (χ0v) is 15.8. The average Bonchev–Trinajstić information content (AvgIpc) is 2.93. The van der Waals surface area contributed by atoms with Crippen LogP contribution < -0.4 is 5.32 Å². The number of amides is 4. The second kappa shape index (κ2) is 8.04. The molecule has 1 aliphatic rings. The van der Waals surface area contributed by atoms with Crippen molar-refractivity contribution in [2.45, 2.75) is 12.8 Å². The molecule has 1 heterocycles. The first-order valence-corrected chi connectivity index (χ1v) is 8.95. The highest BCUT2D eigenvalue weighted by Gasteiger charge is 2.34. The van der Waals surface area contributed by atoms with E-state index in [1.54, 1.807) is 62.6 Å². The van der Waals surface area contributed by atoms with E-state index >= 15 is 0 Å². The average molecular weight is 379 g/mol. The van der Waals surface area contributed by atoms with E-state index in [-0.39, 0.29) is 36.6 Å². The van der Waals surface area contributed by atoms with Gasteiger partial charge in [0, 0.05) is 38.3 Å². The third-order valence-corrected chi connectivity index (χ3v) is 4.49. The number of benzene rings is 2. The Morgan fingerprint density at radius 3 is 2.04 bits per heavy atom. The molecule has 0 atom stereocenters. The van der Waals surface area contributed by atoms with E-state index in [1.807, 2.05) is 0 Å². The first-order valence-electron chi connectivity index (χ1n) is 8.95. The summed E-state index contributed by atoms with van der Waals surface area (Å²) < 4.78 is 0. The Morgan fingerprint density at radius 1 is 0.929 bits per heavy atom. The molecule has 7 heteroatoms. The molecule has 0 radical (unpaired) electrons. The highest BCUT2D eigenvalue weighted by molar-refractivity contribution is 6.21. The van der Waals surface area contributed by atoms with Gasteiger partial charge in [-0.15, -0.1) is 0 Å². The van der Waals surface area contributed by atoms with E-state index in [0.717, 1.165) is 0 Å². The Bertz CT molecular complexity index is 900. The van der Waals surface area contributed by atoms with Crippen LogP contribution in [-0.2, 0) is 4.79 Å². The molecule has 28 heavy (non-hydrogen) atoms. The van der Waals surface area contributed by atoms with Crippen LogP contribution in [0.5, 0.6) is 0 Å². The van der Waals surface area contributed by atoms with Crippen LogP contribution in [0.15, 0.2) is 48.5 Å². The Hall–Kier alpha value is -3.48. The van der Waals surface area contributed by atoms with Gasteiger partial charge in [0.05, 0.1) is 11.1 Å². The van der Waals surface area contributed by atoms with Crippen molar-refractivity contribution in [1.82, 2.24) is 9.80 Å². The molecule has 1 aliphatic heterocycles. The molecule has 1 N–H and O–H groups in total. The number of imide groups is 1. The normalized spacial score (nSPS) is 12.7. The molecule has 7 nitrogen and oxygen atoms in total. The summed E-state index contributed by atoms with van der Waals surface area (Å²) in [4.78, 5) is 51.2. The highest BCUT2D eigenvalue weighted by Crippen LogP contribution is 2.22. The maximum atomic E-state index is 12.3. The van der Waals surface area contributed by atoms with Gasteiger partial charge < -0.3 is 10.2 Å². The van der Waals surface area contributed by atoms with E-state index in [0.29, 0.717) is 28.8 Å². The standard InChI is InChI=1S/C21H21N3O4/c1-23(2)19(26)14-9-11-15(12-10-14)22-18(25)8-5-13-24-20(27)16-6-3-4-7-17(16)21(24)28/h3-4,6-7,9-12H,5,8,13H2,1-2H3,(H,22,25). The van der Waals surface area contributed by atoms with Crippen LogP contribution in [0.4, 0.5) is 5.69 Å². The molecule has 2 aromatic rings. The molecule has 4 amide bonds. The summed E-state index contributed by atoms with van der Waals surface area (Å²) in [5.74, 6) is -0.966. The SMILES string of the molecule is CN(C)C(=O)c1ccc(NC(=O)CCCN2C(=O)c3ccccc3C2=O)cc1. The molecule has 2 aromatic carbocycles. The van der Waals surface area contributed by atoms with Crippen molar-refractivity contribution in [2.75, 3.05) is 26.0 Å². The van der Waals surface area contributed by atoms with Gasteiger partial charge in [-0.05, 0) is 42.8 Å². The molecule has 0 aromatic heterocycles. The Balaban J connectivity index is 1.50. The van der Waals surface area contributed by atoms with E-state index < -0.39 is 0 Å². The van der Waals surface area contributed by atoms with Gasteiger partial charge in [0.1, 0.15) is 0 Å². The molecule has 0 aliphatic carbocycles. The zero-order chi connectivity index (χ0) is 20.3. The second-order valence-corrected chi connectivity index (χ2v) is 6.74. The zero-order valence-electron chi connectivity index (χ0n) is 15.8. The first-order chi connectivity index (χ1) is 13.4. The van der Waals surface area contributed by atoms with Crippen LogP contribution in [-0.4, -0.2) is 54.1 Å². The van der Waals surface area contributed by atoms with Gasteiger partial charge in [-0.2, -0.15) is 0 Å². The maximum Gasteiger partial charge on any atom is 0.261 e. The van der Waals surface area contributed by atoms with Crippen molar-refractivity contribution in [2.24, 2.45) is 0 Å². The number of nitrogens with one attached hydrogen (secondary N) is 1. The van der Waals surface area contributed by atoms with Crippen LogP contribution in [0, 0.1) is 0 Å². The smallest absolute Gasteiger partial charge is 0.261 e. The maximum absolute atomic E-state index is 12.3. The van der Waals surface area contributed by atoms with Crippen LogP contribution in [0.1, 0.15) is 43.9 Å². The number of carbonyl (C=O) groups is 4. The fraction of sp³-hybridized carbons (Fsp3) is 0.238. The lowest BCUT2D eigenvalue weighted by Gasteiger charge is -2.13. The summed E-state index contributed by atoms with van der Waals surface area (Å²) in [7, 11) is 3.35. The van der Waals surface area contributed by atoms with Crippen LogP contribution in [0.2, 0.25) is 0 Å². The number of hydrogen-bond acceptors (Lipinski definition) is 4. The quantitative estimate of drug-likeness (QED) is 0.781. The van der Waals surface area contributed by atoms with Crippen molar-refractivity contribution >= 4 is 29.3 Å². The van der Waals surface area contributed by atoms with Crippen molar-refractivity contribution < 1.29 is 19.2 Å². The summed E-state index contributed by atoms with van der Waals surface area (Å²) in [5.41, 5.74) is 1.93. The summed E-state index contributed by atoms with van der Waals surface area (Å²) in [6.07, 6.45) is 0.542. The van der Waals surface area contributed by atoms with Gasteiger partial charge in [-0.1, -0.05) is 12.1 Å². The summed E-state index contributed by atoms with van der Waals surface area (Å²) in [5, 5.41) is 2.75. The minimum Gasteiger partial charge on any atom is -0.345 e. The molecule has 0 spiro atoms. The topological polar surface area (TPSA) is 86.8 Å². The van der Waals surface area contributed by atoms with E-state index in [4.69, 9.17) is 0 Å². The lowest BCUT2D eigenvalue weighted by atomic mass is 10.1. The molecule has 0 saturated heterocycles. The first kappa shape index (κ1) is 19.3. The molecule has 0 fully saturated rings. The van der Waals surface area contributed by atoms with Crippen molar-refractivity contribution in [3.63, 3.8) is 0 Å². The molecule has 3 rings (SSSR count). The Kier molecular flexibility index (Phi) is 5.54. The minimum atomic E-state index is -0.317. The molecule has 0 bridgehead atoms. The van der Waals surface area contributed by atoms with E-state index in [2.05, 4.69) is 5.32 Å². The second-order valence-electron chi connectivity index (χ2n) is 6.74.